The molecule has 0 aliphatic carbocycles. The van der Waals surface area contributed by atoms with Gasteiger partial charge in [-0.1, -0.05) is 0 Å². The number of rotatable bonds is 4. The molecule has 2 aromatic rings. The molecule has 0 saturated carbocycles. The number of amides is 1. The number of hydrogen-bond acceptors (Lipinski definition) is 5. The van der Waals surface area contributed by atoms with Gasteiger partial charge in [0.15, 0.2) is 10.7 Å². The number of nitrogens with one attached hydrogen (secondary N) is 1. The van der Waals surface area contributed by atoms with Crippen molar-refractivity contribution in [3.8, 4) is 0 Å². The summed E-state index contributed by atoms with van der Waals surface area (Å²) in [4.78, 5) is 26.5. The number of hydrogen-bond donors (Lipinski definition) is 2. The van der Waals surface area contributed by atoms with Crippen LogP contribution >= 0.6 is 11.3 Å². The zero-order chi connectivity index (χ0) is 14.9. The zero-order valence-corrected chi connectivity index (χ0v) is 12.1. The number of thiazole rings is 1. The molecule has 2 N–H and O–H groups in total. The van der Waals surface area contributed by atoms with E-state index >= 15 is 0 Å². The molecule has 1 atom stereocenters. The van der Waals surface area contributed by atoms with Crippen molar-refractivity contribution in [1.29, 1.82) is 0 Å². The van der Waals surface area contributed by atoms with Gasteiger partial charge in [0.1, 0.15) is 11.5 Å². The summed E-state index contributed by atoms with van der Waals surface area (Å²) in [6.45, 7) is 5.50. The van der Waals surface area contributed by atoms with E-state index in [1.54, 1.807) is 0 Å². The van der Waals surface area contributed by atoms with Crippen LogP contribution in [-0.4, -0.2) is 22.0 Å². The fourth-order valence-electron chi connectivity index (χ4n) is 1.89. The van der Waals surface area contributed by atoms with Crippen molar-refractivity contribution in [2.75, 3.05) is 0 Å². The van der Waals surface area contributed by atoms with Crippen molar-refractivity contribution in [3.63, 3.8) is 0 Å². The molecule has 0 spiro atoms. The summed E-state index contributed by atoms with van der Waals surface area (Å²) in [6, 6.07) is 1.63. The van der Waals surface area contributed by atoms with Gasteiger partial charge >= 0.3 is 5.97 Å². The number of furan rings is 1. The van der Waals surface area contributed by atoms with Gasteiger partial charge in [-0.05, 0) is 26.8 Å². The third kappa shape index (κ3) is 2.88. The van der Waals surface area contributed by atoms with Crippen LogP contribution in [0.4, 0.5) is 0 Å². The summed E-state index contributed by atoms with van der Waals surface area (Å²) in [5.41, 5.74) is 0.772. The van der Waals surface area contributed by atoms with E-state index < -0.39 is 11.9 Å². The van der Waals surface area contributed by atoms with E-state index in [1.807, 2.05) is 26.8 Å². The Labute approximate surface area is 119 Å². The van der Waals surface area contributed by atoms with E-state index in [4.69, 9.17) is 9.52 Å². The van der Waals surface area contributed by atoms with Crippen molar-refractivity contribution in [2.45, 2.75) is 26.8 Å². The lowest BCUT2D eigenvalue weighted by Gasteiger charge is -2.11. The summed E-state index contributed by atoms with van der Waals surface area (Å²) >= 11 is 1.01. The molecule has 2 rings (SSSR count). The lowest BCUT2D eigenvalue weighted by Crippen LogP contribution is -2.26. The number of carboxylic acids is 1. The van der Waals surface area contributed by atoms with Crippen molar-refractivity contribution in [1.82, 2.24) is 10.3 Å². The van der Waals surface area contributed by atoms with Gasteiger partial charge in [0.2, 0.25) is 0 Å². The molecule has 0 aliphatic rings. The molecular formula is C13H14N2O4S. The van der Waals surface area contributed by atoms with Gasteiger partial charge < -0.3 is 14.8 Å². The normalized spacial score (nSPS) is 12.2. The molecule has 0 fully saturated rings. The van der Waals surface area contributed by atoms with E-state index in [-0.39, 0.29) is 16.7 Å². The summed E-state index contributed by atoms with van der Waals surface area (Å²) in [6.07, 6.45) is 0. The predicted molar refractivity (Wildman–Crippen MR) is 73.1 cm³/mol. The average Bonchev–Trinajstić information content (AvgIpc) is 2.95. The standard InChI is InChI=1S/C13H14N2O4S/c1-6-4-9(8(3)19-6)7(2)14-11(16)12-15-10(5-20-12)13(17)18/h4-5,7H,1-3H3,(H,14,16)(H,17,18). The van der Waals surface area contributed by atoms with Gasteiger partial charge in [0, 0.05) is 10.9 Å². The molecule has 2 aromatic heterocycles. The molecule has 6 nitrogen and oxygen atoms in total. The van der Waals surface area contributed by atoms with Gasteiger partial charge in [-0.15, -0.1) is 11.3 Å². The Bertz CT molecular complexity index is 659. The van der Waals surface area contributed by atoms with Gasteiger partial charge in [-0.2, -0.15) is 0 Å². The molecule has 0 radical (unpaired) electrons. The monoisotopic (exact) mass is 294 g/mol. The van der Waals surface area contributed by atoms with E-state index in [2.05, 4.69) is 10.3 Å². The molecule has 7 heteroatoms. The molecule has 0 bridgehead atoms. The molecule has 2 heterocycles. The maximum absolute atomic E-state index is 12.0. The van der Waals surface area contributed by atoms with E-state index in [0.717, 1.165) is 28.4 Å². The molecule has 0 saturated heterocycles. The van der Waals surface area contributed by atoms with Gasteiger partial charge in [0.25, 0.3) is 5.91 Å². The first kappa shape index (κ1) is 14.3. The first-order chi connectivity index (χ1) is 9.38. The molecule has 106 valence electrons. The van der Waals surface area contributed by atoms with E-state index in [0.29, 0.717) is 0 Å². The Hall–Kier alpha value is -2.15. The molecule has 1 unspecified atom stereocenters. The summed E-state index contributed by atoms with van der Waals surface area (Å²) in [5.74, 6) is -0.00965. The highest BCUT2D eigenvalue weighted by Gasteiger charge is 2.19. The average molecular weight is 294 g/mol. The number of carboxylic acid groups (broad SMARTS) is 1. The number of aromatic carboxylic acids is 1. The minimum absolute atomic E-state index is 0.122. The number of carbonyl (C=O) groups is 2. The fourth-order valence-corrected chi connectivity index (χ4v) is 2.59. The molecule has 20 heavy (non-hydrogen) atoms. The Morgan fingerprint density at radius 2 is 2.15 bits per heavy atom. The second-order valence-corrected chi connectivity index (χ2v) is 5.26. The minimum Gasteiger partial charge on any atom is -0.476 e. The highest BCUT2D eigenvalue weighted by atomic mass is 32.1. The third-order valence-electron chi connectivity index (χ3n) is 2.81. The maximum Gasteiger partial charge on any atom is 0.355 e. The first-order valence-electron chi connectivity index (χ1n) is 5.95. The summed E-state index contributed by atoms with van der Waals surface area (Å²) in [5, 5.41) is 13.0. The molecule has 0 aromatic carbocycles. The van der Waals surface area contributed by atoms with Crippen LogP contribution in [0.15, 0.2) is 15.9 Å². The second kappa shape index (κ2) is 5.46. The fraction of sp³-hybridized carbons (Fsp3) is 0.308. The Morgan fingerprint density at radius 1 is 1.45 bits per heavy atom. The zero-order valence-electron chi connectivity index (χ0n) is 11.3. The van der Waals surface area contributed by atoms with E-state index in [9.17, 15) is 9.59 Å². The number of aryl methyl sites for hydroxylation is 2. The first-order valence-corrected chi connectivity index (χ1v) is 6.83. The summed E-state index contributed by atoms with van der Waals surface area (Å²) in [7, 11) is 0. The Balaban J connectivity index is 2.10. The van der Waals surface area contributed by atoms with Crippen molar-refractivity contribution in [3.05, 3.63) is 39.2 Å². The third-order valence-corrected chi connectivity index (χ3v) is 3.65. The lowest BCUT2D eigenvalue weighted by atomic mass is 10.1. The second-order valence-electron chi connectivity index (χ2n) is 4.41. The summed E-state index contributed by atoms with van der Waals surface area (Å²) < 4.78 is 5.42. The highest BCUT2D eigenvalue weighted by molar-refractivity contribution is 7.11. The van der Waals surface area contributed by atoms with Gasteiger partial charge in [-0.3, -0.25) is 4.79 Å². The molecule has 0 aliphatic heterocycles. The largest absolute Gasteiger partial charge is 0.476 e. The van der Waals surface area contributed by atoms with Crippen LogP contribution < -0.4 is 5.32 Å². The van der Waals surface area contributed by atoms with Crippen LogP contribution in [0.5, 0.6) is 0 Å². The van der Waals surface area contributed by atoms with Crippen LogP contribution in [0.2, 0.25) is 0 Å². The van der Waals surface area contributed by atoms with Crippen molar-refractivity contribution in [2.24, 2.45) is 0 Å². The van der Waals surface area contributed by atoms with Gasteiger partial charge in [-0.25, -0.2) is 9.78 Å². The SMILES string of the molecule is Cc1cc(C(C)NC(=O)c2nc(C(=O)O)cs2)c(C)o1. The number of aromatic nitrogens is 1. The topological polar surface area (TPSA) is 92.4 Å². The highest BCUT2D eigenvalue weighted by Crippen LogP contribution is 2.21. The van der Waals surface area contributed by atoms with Crippen molar-refractivity contribution < 1.29 is 19.1 Å². The maximum atomic E-state index is 12.0. The number of nitrogens with zero attached hydrogens (tertiary/aromatic N) is 1. The predicted octanol–water partition coefficient (Wildman–Crippen LogP) is 2.54. The smallest absolute Gasteiger partial charge is 0.355 e. The van der Waals surface area contributed by atoms with Gasteiger partial charge in [0.05, 0.1) is 6.04 Å². The lowest BCUT2D eigenvalue weighted by molar-refractivity contribution is 0.0691. The van der Waals surface area contributed by atoms with Crippen LogP contribution in [0.25, 0.3) is 0 Å². The Morgan fingerprint density at radius 3 is 2.65 bits per heavy atom. The quantitative estimate of drug-likeness (QED) is 0.904. The van der Waals surface area contributed by atoms with Crippen LogP contribution in [0.3, 0.4) is 0 Å². The molecular weight excluding hydrogens is 280 g/mol. The number of carbonyl (C=O) groups excluding carboxylic acids is 1. The van der Waals surface area contributed by atoms with Crippen LogP contribution in [0.1, 0.15) is 50.3 Å². The van der Waals surface area contributed by atoms with Crippen LogP contribution in [-0.2, 0) is 0 Å². The Kier molecular flexibility index (Phi) is 3.89. The minimum atomic E-state index is -1.14. The van der Waals surface area contributed by atoms with Crippen molar-refractivity contribution >= 4 is 23.2 Å². The van der Waals surface area contributed by atoms with E-state index in [1.165, 1.54) is 5.38 Å². The molecule has 1 amide bonds. The van der Waals surface area contributed by atoms with Crippen LogP contribution in [0, 0.1) is 13.8 Å².